The van der Waals surface area contributed by atoms with E-state index >= 15 is 0 Å². The smallest absolute Gasteiger partial charge is 0.267 e. The van der Waals surface area contributed by atoms with Gasteiger partial charge in [-0.05, 0) is 0 Å². The largest absolute Gasteiger partial charge is 0.379 e. The Morgan fingerprint density at radius 3 is 2.50 bits per heavy atom. The molecule has 1 fully saturated rings. The number of piperazine rings is 1. The van der Waals surface area contributed by atoms with Crippen LogP contribution in [0.15, 0.2) is 42.1 Å². The molecule has 16 heavy (non-hydrogen) atoms. The molecule has 0 spiro atoms. The van der Waals surface area contributed by atoms with Crippen molar-refractivity contribution in [1.82, 2.24) is 10.6 Å². The van der Waals surface area contributed by atoms with E-state index in [-0.39, 0.29) is 11.7 Å². The lowest BCUT2D eigenvalue weighted by Gasteiger charge is -2.16. The molecule has 0 aliphatic carbocycles. The van der Waals surface area contributed by atoms with Gasteiger partial charge in [0.2, 0.25) is 0 Å². The molecular weight excluding hydrogens is 204 g/mol. The van der Waals surface area contributed by atoms with E-state index in [1.807, 2.05) is 6.07 Å². The van der Waals surface area contributed by atoms with Crippen LogP contribution in [0.3, 0.4) is 0 Å². The van der Waals surface area contributed by atoms with Gasteiger partial charge in [-0.1, -0.05) is 30.3 Å². The molecule has 4 nitrogen and oxygen atoms in total. The number of allylic oxidation sites excluding steroid dienone is 1. The lowest BCUT2D eigenvalue weighted by atomic mass is 10.1. The fourth-order valence-corrected chi connectivity index (χ4v) is 1.48. The van der Waals surface area contributed by atoms with Crippen molar-refractivity contribution in [3.8, 4) is 0 Å². The third-order valence-corrected chi connectivity index (χ3v) is 2.30. The molecule has 0 saturated carbocycles. The lowest BCUT2D eigenvalue weighted by molar-refractivity contribution is -0.118. The molecule has 1 aromatic carbocycles. The minimum atomic E-state index is -0.226. The predicted molar refractivity (Wildman–Crippen MR) is 59.9 cm³/mol. The number of ketones is 1. The van der Waals surface area contributed by atoms with Gasteiger partial charge in [0.15, 0.2) is 5.78 Å². The first-order valence-corrected chi connectivity index (χ1v) is 5.10. The SMILES string of the molecule is O=C1NCCN/C1=C/C(=O)c1ccccc1. The van der Waals surface area contributed by atoms with Crippen molar-refractivity contribution < 1.29 is 9.59 Å². The first-order valence-electron chi connectivity index (χ1n) is 5.10. The third kappa shape index (κ3) is 2.28. The molecule has 1 saturated heterocycles. The number of rotatable bonds is 2. The molecule has 1 aromatic rings. The maximum atomic E-state index is 11.8. The van der Waals surface area contributed by atoms with Gasteiger partial charge in [-0.3, -0.25) is 9.59 Å². The molecule has 0 radical (unpaired) electrons. The first-order chi connectivity index (χ1) is 7.77. The number of carbonyl (C=O) groups excluding carboxylic acids is 2. The summed E-state index contributed by atoms with van der Waals surface area (Å²) < 4.78 is 0. The Kier molecular flexibility index (Phi) is 3.00. The van der Waals surface area contributed by atoms with Gasteiger partial charge in [0.25, 0.3) is 5.91 Å². The monoisotopic (exact) mass is 216 g/mol. The van der Waals surface area contributed by atoms with Gasteiger partial charge in [-0.15, -0.1) is 0 Å². The van der Waals surface area contributed by atoms with Crippen LogP contribution in [0.4, 0.5) is 0 Å². The van der Waals surface area contributed by atoms with Crippen LogP contribution in [0.1, 0.15) is 10.4 Å². The zero-order chi connectivity index (χ0) is 11.4. The van der Waals surface area contributed by atoms with Crippen molar-refractivity contribution >= 4 is 11.7 Å². The zero-order valence-corrected chi connectivity index (χ0v) is 8.69. The fourth-order valence-electron chi connectivity index (χ4n) is 1.48. The van der Waals surface area contributed by atoms with E-state index in [1.165, 1.54) is 6.08 Å². The Labute approximate surface area is 93.3 Å². The Morgan fingerprint density at radius 1 is 1.12 bits per heavy atom. The molecule has 0 bridgehead atoms. The highest BCUT2D eigenvalue weighted by Gasteiger charge is 2.15. The second-order valence-corrected chi connectivity index (χ2v) is 3.47. The molecule has 0 unspecified atom stereocenters. The van der Waals surface area contributed by atoms with Crippen molar-refractivity contribution in [3.63, 3.8) is 0 Å². The Bertz CT molecular complexity index is 438. The summed E-state index contributed by atoms with van der Waals surface area (Å²) in [6.45, 7) is 1.25. The number of amides is 1. The maximum absolute atomic E-state index is 11.8. The van der Waals surface area contributed by atoms with Gasteiger partial charge < -0.3 is 10.6 Å². The van der Waals surface area contributed by atoms with Crippen molar-refractivity contribution in [3.05, 3.63) is 47.7 Å². The van der Waals surface area contributed by atoms with Gasteiger partial charge in [-0.25, -0.2) is 0 Å². The normalized spacial score (nSPS) is 17.8. The number of carbonyl (C=O) groups is 2. The van der Waals surface area contributed by atoms with Gasteiger partial charge >= 0.3 is 0 Å². The molecule has 2 rings (SSSR count). The highest BCUT2D eigenvalue weighted by Crippen LogP contribution is 2.03. The van der Waals surface area contributed by atoms with E-state index in [4.69, 9.17) is 0 Å². The molecule has 1 heterocycles. The molecule has 0 aromatic heterocycles. The second kappa shape index (κ2) is 4.61. The van der Waals surface area contributed by atoms with Gasteiger partial charge in [0, 0.05) is 24.7 Å². The molecular formula is C12H12N2O2. The van der Waals surface area contributed by atoms with Gasteiger partial charge in [0.05, 0.1) is 0 Å². The minimum absolute atomic E-state index is 0.167. The summed E-state index contributed by atoms with van der Waals surface area (Å²) in [5.41, 5.74) is 0.912. The van der Waals surface area contributed by atoms with Crippen LogP contribution in [-0.4, -0.2) is 24.8 Å². The second-order valence-electron chi connectivity index (χ2n) is 3.47. The topological polar surface area (TPSA) is 58.2 Å². The zero-order valence-electron chi connectivity index (χ0n) is 8.69. The average Bonchev–Trinajstić information content (AvgIpc) is 2.33. The predicted octanol–water partition coefficient (Wildman–Crippen LogP) is 0.473. The van der Waals surface area contributed by atoms with Crippen LogP contribution < -0.4 is 10.6 Å². The van der Waals surface area contributed by atoms with E-state index < -0.39 is 0 Å². The molecule has 1 aliphatic rings. The summed E-state index contributed by atoms with van der Waals surface area (Å²) in [5, 5.41) is 5.56. The molecule has 2 N–H and O–H groups in total. The Morgan fingerprint density at radius 2 is 1.81 bits per heavy atom. The standard InChI is InChI=1S/C12H12N2O2/c15-11(9-4-2-1-3-5-9)8-10-12(16)14-7-6-13-10/h1-5,8,13H,6-7H2,(H,14,16)/b10-8+. The van der Waals surface area contributed by atoms with Crippen LogP contribution in [0.2, 0.25) is 0 Å². The number of hydrogen-bond donors (Lipinski definition) is 2. The van der Waals surface area contributed by atoms with Crippen LogP contribution in [-0.2, 0) is 4.79 Å². The number of hydrogen-bond acceptors (Lipinski definition) is 3. The van der Waals surface area contributed by atoms with Crippen molar-refractivity contribution in [2.45, 2.75) is 0 Å². The van der Waals surface area contributed by atoms with Crippen LogP contribution >= 0.6 is 0 Å². The summed E-state index contributed by atoms with van der Waals surface area (Å²) in [4.78, 5) is 23.1. The minimum Gasteiger partial charge on any atom is -0.379 e. The van der Waals surface area contributed by atoms with E-state index in [1.54, 1.807) is 24.3 Å². The third-order valence-electron chi connectivity index (χ3n) is 2.30. The first kappa shape index (κ1) is 10.4. The fraction of sp³-hybridized carbons (Fsp3) is 0.167. The van der Waals surface area contributed by atoms with Gasteiger partial charge in [0.1, 0.15) is 5.70 Å². The van der Waals surface area contributed by atoms with Crippen molar-refractivity contribution in [1.29, 1.82) is 0 Å². The molecule has 82 valence electrons. The van der Waals surface area contributed by atoms with Crippen LogP contribution in [0.25, 0.3) is 0 Å². The Hall–Kier alpha value is -2.10. The summed E-state index contributed by atoms with van der Waals surface area (Å²) >= 11 is 0. The van der Waals surface area contributed by atoms with Crippen LogP contribution in [0, 0.1) is 0 Å². The van der Waals surface area contributed by atoms with Gasteiger partial charge in [-0.2, -0.15) is 0 Å². The highest BCUT2D eigenvalue weighted by molar-refractivity contribution is 6.09. The summed E-state index contributed by atoms with van der Waals surface area (Å²) in [6.07, 6.45) is 1.34. The molecule has 4 heteroatoms. The quantitative estimate of drug-likeness (QED) is 0.558. The Balaban J connectivity index is 2.17. The van der Waals surface area contributed by atoms with E-state index in [2.05, 4.69) is 10.6 Å². The van der Waals surface area contributed by atoms with E-state index in [0.29, 0.717) is 24.4 Å². The summed E-state index contributed by atoms with van der Waals surface area (Å²) in [6, 6.07) is 8.87. The molecule has 0 atom stereocenters. The van der Waals surface area contributed by atoms with Crippen molar-refractivity contribution in [2.24, 2.45) is 0 Å². The van der Waals surface area contributed by atoms with Crippen LogP contribution in [0.5, 0.6) is 0 Å². The molecule has 1 aliphatic heterocycles. The summed E-state index contributed by atoms with van der Waals surface area (Å²) in [7, 11) is 0. The van der Waals surface area contributed by atoms with E-state index in [0.717, 1.165) is 0 Å². The maximum Gasteiger partial charge on any atom is 0.267 e. The molecule has 1 amide bonds. The lowest BCUT2D eigenvalue weighted by Crippen LogP contribution is -2.43. The highest BCUT2D eigenvalue weighted by atomic mass is 16.2. The van der Waals surface area contributed by atoms with E-state index in [9.17, 15) is 9.59 Å². The summed E-state index contributed by atoms with van der Waals surface area (Å²) in [5.74, 6) is -0.393. The number of nitrogens with one attached hydrogen (secondary N) is 2. The average molecular weight is 216 g/mol. The van der Waals surface area contributed by atoms with Crippen molar-refractivity contribution in [2.75, 3.05) is 13.1 Å². The number of benzene rings is 1.